The average Bonchev–Trinajstić information content (AvgIpc) is 3.59. The van der Waals surface area contributed by atoms with Gasteiger partial charge in [-0.15, -0.1) is 0 Å². The van der Waals surface area contributed by atoms with Crippen LogP contribution in [0.2, 0.25) is 0 Å². The number of rotatable bonds is 5. The van der Waals surface area contributed by atoms with Crippen molar-refractivity contribution in [3.8, 4) is 22.3 Å². The molecule has 1 aromatic heterocycles. The maximum Gasteiger partial charge on any atom is 0.170 e. The van der Waals surface area contributed by atoms with E-state index in [1.807, 2.05) is 30.3 Å². The van der Waals surface area contributed by atoms with Gasteiger partial charge in [0, 0.05) is 27.5 Å². The van der Waals surface area contributed by atoms with E-state index in [-0.39, 0.29) is 0 Å². The Balaban J connectivity index is 1.07. The van der Waals surface area contributed by atoms with Crippen LogP contribution >= 0.6 is 0 Å². The molecule has 4 heteroatoms. The number of nitrogens with zero attached hydrogens (tertiary/aromatic N) is 2. The highest BCUT2D eigenvalue weighted by Crippen LogP contribution is 2.39. The Bertz CT molecular complexity index is 2820. The Morgan fingerprint density at radius 3 is 1.90 bits per heavy atom. The predicted molar refractivity (Wildman–Crippen MR) is 211 cm³/mol. The summed E-state index contributed by atoms with van der Waals surface area (Å²) in [5, 5.41) is 10.6. The fraction of sp³-hybridized carbons (Fsp3) is 0.0213. The Morgan fingerprint density at radius 1 is 0.412 bits per heavy atom. The lowest BCUT2D eigenvalue weighted by atomic mass is 9.97. The van der Waals surface area contributed by atoms with E-state index in [0.29, 0.717) is 0 Å². The van der Waals surface area contributed by atoms with E-state index in [9.17, 15) is 0 Å². The molecule has 2 heterocycles. The summed E-state index contributed by atoms with van der Waals surface area (Å²) < 4.78 is 6.55. The standard InChI is InChI=1S/C47H31N3O/c1-2-12-33(13-3-1)45-48-46(34-23-20-31(21-24-34)36-25-22-30-10-4-5-14-35(30)28-36)50-47(49-45)41-18-9-19-42-44(41)40-27-26-37(29-43(40)51-42)39-17-8-15-32-11-6-7-16-38(32)39/h1-29,47H,(H,48,49,50). The van der Waals surface area contributed by atoms with Gasteiger partial charge in [-0.05, 0) is 68.1 Å². The molecular weight excluding hydrogens is 623 g/mol. The quantitative estimate of drug-likeness (QED) is 0.201. The van der Waals surface area contributed by atoms with Crippen molar-refractivity contribution in [1.82, 2.24) is 5.32 Å². The minimum Gasteiger partial charge on any atom is -0.456 e. The van der Waals surface area contributed by atoms with Crippen molar-refractivity contribution in [1.29, 1.82) is 0 Å². The summed E-state index contributed by atoms with van der Waals surface area (Å²) in [5.41, 5.74) is 9.33. The highest BCUT2D eigenvalue weighted by molar-refractivity contribution is 6.16. The van der Waals surface area contributed by atoms with E-state index in [4.69, 9.17) is 14.4 Å². The van der Waals surface area contributed by atoms with E-state index in [1.165, 1.54) is 32.7 Å². The van der Waals surface area contributed by atoms with Crippen molar-refractivity contribution in [2.24, 2.45) is 9.98 Å². The van der Waals surface area contributed by atoms with Gasteiger partial charge in [0.15, 0.2) is 6.17 Å². The zero-order valence-electron chi connectivity index (χ0n) is 27.6. The van der Waals surface area contributed by atoms with Crippen molar-refractivity contribution in [2.75, 3.05) is 0 Å². The summed E-state index contributed by atoms with van der Waals surface area (Å²) in [4.78, 5) is 10.5. The van der Waals surface area contributed by atoms with Gasteiger partial charge in [0.25, 0.3) is 0 Å². The molecule has 1 unspecified atom stereocenters. The molecule has 0 fully saturated rings. The highest BCUT2D eigenvalue weighted by Gasteiger charge is 2.24. The molecule has 1 aliphatic rings. The summed E-state index contributed by atoms with van der Waals surface area (Å²) in [6, 6.07) is 61.7. The molecule has 240 valence electrons. The summed E-state index contributed by atoms with van der Waals surface area (Å²) in [6.45, 7) is 0. The number of nitrogens with one attached hydrogen (secondary N) is 1. The topological polar surface area (TPSA) is 49.9 Å². The third kappa shape index (κ3) is 5.17. The summed E-state index contributed by atoms with van der Waals surface area (Å²) in [7, 11) is 0. The first-order valence-corrected chi connectivity index (χ1v) is 17.3. The molecule has 0 radical (unpaired) electrons. The summed E-state index contributed by atoms with van der Waals surface area (Å²) in [6.07, 6.45) is -0.473. The number of furan rings is 1. The fourth-order valence-electron chi connectivity index (χ4n) is 7.38. The second-order valence-corrected chi connectivity index (χ2v) is 13.0. The van der Waals surface area contributed by atoms with Crippen LogP contribution in [0.15, 0.2) is 190 Å². The highest BCUT2D eigenvalue weighted by atomic mass is 16.3. The Labute approximate surface area is 295 Å². The molecule has 0 saturated heterocycles. The molecule has 0 saturated carbocycles. The second-order valence-electron chi connectivity index (χ2n) is 13.0. The normalized spacial score (nSPS) is 14.5. The third-order valence-corrected chi connectivity index (χ3v) is 9.94. The van der Waals surface area contributed by atoms with Crippen molar-refractivity contribution >= 4 is 55.2 Å². The van der Waals surface area contributed by atoms with Crippen LogP contribution in [0.3, 0.4) is 0 Å². The van der Waals surface area contributed by atoms with Crippen LogP contribution in [-0.4, -0.2) is 11.7 Å². The zero-order valence-corrected chi connectivity index (χ0v) is 27.6. The van der Waals surface area contributed by atoms with Crippen molar-refractivity contribution in [2.45, 2.75) is 6.17 Å². The molecule has 1 atom stereocenters. The lowest BCUT2D eigenvalue weighted by Crippen LogP contribution is -2.36. The average molecular weight is 654 g/mol. The fourth-order valence-corrected chi connectivity index (χ4v) is 7.38. The monoisotopic (exact) mass is 653 g/mol. The zero-order chi connectivity index (χ0) is 33.7. The smallest absolute Gasteiger partial charge is 0.170 e. The van der Waals surface area contributed by atoms with Gasteiger partial charge in [-0.3, -0.25) is 0 Å². The molecule has 8 aromatic carbocycles. The number of hydrogen-bond acceptors (Lipinski definition) is 4. The van der Waals surface area contributed by atoms with Gasteiger partial charge in [-0.1, -0.05) is 152 Å². The van der Waals surface area contributed by atoms with E-state index in [2.05, 4.69) is 151 Å². The van der Waals surface area contributed by atoms with Crippen LogP contribution in [0.4, 0.5) is 0 Å². The van der Waals surface area contributed by atoms with Crippen LogP contribution in [0.5, 0.6) is 0 Å². The van der Waals surface area contributed by atoms with Crippen molar-refractivity contribution in [3.63, 3.8) is 0 Å². The maximum atomic E-state index is 6.55. The number of benzene rings is 8. The largest absolute Gasteiger partial charge is 0.456 e. The SMILES string of the molecule is c1ccc(C2=NC(c3cccc4oc5cc(-c6cccc7ccccc67)ccc5c34)N=C(c3ccc(-c4ccc5ccccc5c4)cc3)N2)cc1. The summed E-state index contributed by atoms with van der Waals surface area (Å²) >= 11 is 0. The van der Waals surface area contributed by atoms with E-state index in [0.717, 1.165) is 61.4 Å². The Hall–Kier alpha value is -6.78. The molecule has 0 aliphatic carbocycles. The van der Waals surface area contributed by atoms with Gasteiger partial charge in [0.2, 0.25) is 0 Å². The second kappa shape index (κ2) is 12.0. The number of hydrogen-bond donors (Lipinski definition) is 1. The number of amidine groups is 2. The molecule has 0 bridgehead atoms. The first-order chi connectivity index (χ1) is 25.2. The molecule has 0 amide bonds. The minimum absolute atomic E-state index is 0.473. The number of fused-ring (bicyclic) bond motifs is 5. The molecule has 10 rings (SSSR count). The van der Waals surface area contributed by atoms with Crippen LogP contribution in [0.1, 0.15) is 22.9 Å². The van der Waals surface area contributed by atoms with Crippen LogP contribution in [0.25, 0.3) is 65.7 Å². The van der Waals surface area contributed by atoms with Gasteiger partial charge >= 0.3 is 0 Å². The lowest BCUT2D eigenvalue weighted by Gasteiger charge is -2.23. The molecule has 4 nitrogen and oxygen atoms in total. The first kappa shape index (κ1) is 29.2. The van der Waals surface area contributed by atoms with Gasteiger partial charge < -0.3 is 9.73 Å². The van der Waals surface area contributed by atoms with Gasteiger partial charge in [0.1, 0.15) is 22.8 Å². The van der Waals surface area contributed by atoms with E-state index in [1.54, 1.807) is 0 Å². The van der Waals surface area contributed by atoms with Gasteiger partial charge in [-0.2, -0.15) is 0 Å². The van der Waals surface area contributed by atoms with E-state index < -0.39 is 6.17 Å². The maximum absolute atomic E-state index is 6.55. The van der Waals surface area contributed by atoms with Crippen molar-refractivity contribution < 1.29 is 4.42 Å². The Kier molecular flexibility index (Phi) is 6.85. The van der Waals surface area contributed by atoms with Gasteiger partial charge in [0.05, 0.1) is 0 Å². The molecular formula is C47H31N3O. The number of aliphatic imine (C=N–C) groups is 2. The molecule has 9 aromatic rings. The van der Waals surface area contributed by atoms with Crippen LogP contribution in [0, 0.1) is 0 Å². The lowest BCUT2D eigenvalue weighted by molar-refractivity contribution is 0.668. The van der Waals surface area contributed by atoms with Crippen LogP contribution < -0.4 is 5.32 Å². The minimum atomic E-state index is -0.473. The molecule has 51 heavy (non-hydrogen) atoms. The molecule has 0 spiro atoms. The third-order valence-electron chi connectivity index (χ3n) is 9.94. The van der Waals surface area contributed by atoms with E-state index >= 15 is 0 Å². The van der Waals surface area contributed by atoms with Crippen molar-refractivity contribution in [3.05, 3.63) is 193 Å². The van der Waals surface area contributed by atoms with Crippen LogP contribution in [-0.2, 0) is 0 Å². The molecule has 1 aliphatic heterocycles. The summed E-state index contributed by atoms with van der Waals surface area (Å²) in [5.74, 6) is 1.56. The first-order valence-electron chi connectivity index (χ1n) is 17.3. The van der Waals surface area contributed by atoms with Gasteiger partial charge in [-0.25, -0.2) is 9.98 Å². The Morgan fingerprint density at radius 2 is 1.06 bits per heavy atom. The molecule has 1 N–H and O–H groups in total. The predicted octanol–water partition coefficient (Wildman–Crippen LogP) is 11.7.